The van der Waals surface area contributed by atoms with E-state index in [0.29, 0.717) is 12.3 Å². The van der Waals surface area contributed by atoms with E-state index in [1.807, 2.05) is 43.3 Å². The van der Waals surface area contributed by atoms with E-state index >= 15 is 0 Å². The maximum Gasteiger partial charge on any atom is 0.248 e. The molecule has 2 aromatic carbocycles. The van der Waals surface area contributed by atoms with Gasteiger partial charge in [-0.2, -0.15) is 4.31 Å². The topological polar surface area (TPSA) is 55.8 Å². The Balaban J connectivity index is 1.89. The molecule has 0 spiro atoms. The van der Waals surface area contributed by atoms with Crippen molar-refractivity contribution in [2.75, 3.05) is 20.4 Å². The van der Waals surface area contributed by atoms with Crippen LogP contribution in [0.15, 0.2) is 53.4 Å². The van der Waals surface area contributed by atoms with Crippen molar-refractivity contribution < 1.29 is 17.9 Å². The number of hydrogen-bond donors (Lipinski definition) is 0. The molecule has 3 rings (SSSR count). The van der Waals surface area contributed by atoms with Crippen LogP contribution in [0.3, 0.4) is 0 Å². The third-order valence-electron chi connectivity index (χ3n) is 3.90. The Kier molecular flexibility index (Phi) is 4.39. The predicted octanol–water partition coefficient (Wildman–Crippen LogP) is 2.72. The van der Waals surface area contributed by atoms with Crippen LogP contribution in [-0.4, -0.2) is 33.1 Å². The van der Waals surface area contributed by atoms with E-state index in [1.54, 1.807) is 12.1 Å². The van der Waals surface area contributed by atoms with Gasteiger partial charge in [0.25, 0.3) is 0 Å². The van der Waals surface area contributed by atoms with Gasteiger partial charge in [-0.15, -0.1) is 0 Å². The second-order valence-electron chi connectivity index (χ2n) is 5.49. The molecule has 1 heterocycles. The SMILES string of the molecule is COc1ccc(C)cc1S(=O)(=O)N1COC(c2ccccc2)C1. The molecular weight excluding hydrogens is 314 g/mol. The number of aryl methyl sites for hydroxylation is 1. The molecule has 5 nitrogen and oxygen atoms in total. The fraction of sp³-hybridized carbons (Fsp3) is 0.294. The van der Waals surface area contributed by atoms with Crippen molar-refractivity contribution in [3.05, 3.63) is 59.7 Å². The molecular formula is C17H19NO4S. The lowest BCUT2D eigenvalue weighted by molar-refractivity contribution is 0.104. The number of rotatable bonds is 4. The first-order valence-corrected chi connectivity index (χ1v) is 8.77. The molecule has 0 aliphatic carbocycles. The largest absolute Gasteiger partial charge is 0.495 e. The van der Waals surface area contributed by atoms with Crippen LogP contribution in [0.2, 0.25) is 0 Å². The summed E-state index contributed by atoms with van der Waals surface area (Å²) >= 11 is 0. The van der Waals surface area contributed by atoms with Crippen LogP contribution < -0.4 is 4.74 Å². The van der Waals surface area contributed by atoms with Crippen LogP contribution in [0.4, 0.5) is 0 Å². The molecule has 1 fully saturated rings. The first kappa shape index (κ1) is 16.0. The Hall–Kier alpha value is -1.89. The highest BCUT2D eigenvalue weighted by atomic mass is 32.2. The summed E-state index contributed by atoms with van der Waals surface area (Å²) in [6, 6.07) is 14.8. The van der Waals surface area contributed by atoms with Crippen molar-refractivity contribution in [3.63, 3.8) is 0 Å². The molecule has 0 saturated carbocycles. The monoisotopic (exact) mass is 333 g/mol. The molecule has 1 atom stereocenters. The zero-order chi connectivity index (χ0) is 16.4. The molecule has 23 heavy (non-hydrogen) atoms. The zero-order valence-corrected chi connectivity index (χ0v) is 13.9. The number of methoxy groups -OCH3 is 1. The van der Waals surface area contributed by atoms with Crippen molar-refractivity contribution in [2.45, 2.75) is 17.9 Å². The van der Waals surface area contributed by atoms with Gasteiger partial charge in [-0.25, -0.2) is 8.42 Å². The number of ether oxygens (including phenoxy) is 2. The number of sulfonamides is 1. The second-order valence-corrected chi connectivity index (χ2v) is 7.40. The van der Waals surface area contributed by atoms with Crippen LogP contribution >= 0.6 is 0 Å². The van der Waals surface area contributed by atoms with E-state index < -0.39 is 10.0 Å². The average molecular weight is 333 g/mol. The summed E-state index contributed by atoms with van der Waals surface area (Å²) in [7, 11) is -2.19. The Morgan fingerprint density at radius 2 is 1.91 bits per heavy atom. The summed E-state index contributed by atoms with van der Waals surface area (Å²) < 4.78 is 38.0. The van der Waals surface area contributed by atoms with E-state index in [9.17, 15) is 8.42 Å². The minimum absolute atomic E-state index is 0.0407. The Morgan fingerprint density at radius 3 is 2.61 bits per heavy atom. The highest BCUT2D eigenvalue weighted by Gasteiger charge is 2.35. The first-order valence-electron chi connectivity index (χ1n) is 7.33. The molecule has 6 heteroatoms. The molecule has 0 N–H and O–H groups in total. The van der Waals surface area contributed by atoms with Crippen LogP contribution in [0, 0.1) is 6.92 Å². The normalized spacial score (nSPS) is 19.0. The number of benzene rings is 2. The Morgan fingerprint density at radius 1 is 1.17 bits per heavy atom. The van der Waals surface area contributed by atoms with Crippen molar-refractivity contribution in [1.29, 1.82) is 0 Å². The van der Waals surface area contributed by atoms with Crippen LogP contribution in [0.1, 0.15) is 17.2 Å². The summed E-state index contributed by atoms with van der Waals surface area (Å²) in [4.78, 5) is 0.178. The van der Waals surface area contributed by atoms with Gasteiger partial charge in [-0.3, -0.25) is 0 Å². The standard InChI is InChI=1S/C17H19NO4S/c1-13-8-9-15(21-2)17(10-13)23(19,20)18-11-16(22-12-18)14-6-4-3-5-7-14/h3-10,16H,11-12H2,1-2H3. The van der Waals surface area contributed by atoms with Crippen molar-refractivity contribution in [1.82, 2.24) is 4.31 Å². The molecule has 122 valence electrons. The van der Waals surface area contributed by atoms with E-state index in [4.69, 9.17) is 9.47 Å². The quantitative estimate of drug-likeness (QED) is 0.863. The highest BCUT2D eigenvalue weighted by Crippen LogP contribution is 2.32. The molecule has 0 bridgehead atoms. The Labute approximate surface area is 136 Å². The van der Waals surface area contributed by atoms with Gasteiger partial charge in [0, 0.05) is 6.54 Å². The first-order chi connectivity index (χ1) is 11.0. The smallest absolute Gasteiger partial charge is 0.248 e. The second kappa shape index (κ2) is 6.31. The number of nitrogens with zero attached hydrogens (tertiary/aromatic N) is 1. The molecule has 2 aromatic rings. The van der Waals surface area contributed by atoms with Gasteiger partial charge in [0.05, 0.1) is 13.2 Å². The summed E-state index contributed by atoms with van der Waals surface area (Å²) in [5.74, 6) is 0.346. The maximum absolute atomic E-state index is 12.9. The van der Waals surface area contributed by atoms with Gasteiger partial charge in [0.1, 0.15) is 17.4 Å². The van der Waals surface area contributed by atoms with Crippen molar-refractivity contribution >= 4 is 10.0 Å². The third kappa shape index (κ3) is 3.10. The maximum atomic E-state index is 12.9. The van der Waals surface area contributed by atoms with Crippen molar-refractivity contribution in [3.8, 4) is 5.75 Å². The highest BCUT2D eigenvalue weighted by molar-refractivity contribution is 7.89. The van der Waals surface area contributed by atoms with Gasteiger partial charge in [0.2, 0.25) is 10.0 Å². The van der Waals surface area contributed by atoms with Crippen molar-refractivity contribution in [2.24, 2.45) is 0 Å². The fourth-order valence-corrected chi connectivity index (χ4v) is 4.17. The molecule has 1 aliphatic heterocycles. The molecule has 0 radical (unpaired) electrons. The molecule has 1 saturated heterocycles. The molecule has 0 amide bonds. The summed E-state index contributed by atoms with van der Waals surface area (Å²) in [5, 5.41) is 0. The lowest BCUT2D eigenvalue weighted by Gasteiger charge is -2.17. The summed E-state index contributed by atoms with van der Waals surface area (Å²) in [6.07, 6.45) is -0.248. The van der Waals surface area contributed by atoms with Gasteiger partial charge in [0.15, 0.2) is 0 Å². The minimum Gasteiger partial charge on any atom is -0.495 e. The fourth-order valence-electron chi connectivity index (χ4n) is 2.62. The van der Waals surface area contributed by atoms with Gasteiger partial charge < -0.3 is 9.47 Å². The van der Waals surface area contributed by atoms with E-state index in [-0.39, 0.29) is 17.7 Å². The Bertz CT molecular complexity index is 789. The summed E-state index contributed by atoms with van der Waals surface area (Å²) in [5.41, 5.74) is 1.84. The van der Waals surface area contributed by atoms with Crippen LogP contribution in [0.25, 0.3) is 0 Å². The van der Waals surface area contributed by atoms with Gasteiger partial charge in [-0.05, 0) is 30.2 Å². The molecule has 1 aliphatic rings. The minimum atomic E-state index is -3.66. The van der Waals surface area contributed by atoms with E-state index in [0.717, 1.165) is 11.1 Å². The zero-order valence-electron chi connectivity index (χ0n) is 13.1. The lowest BCUT2D eigenvalue weighted by Crippen LogP contribution is -2.29. The van der Waals surface area contributed by atoms with E-state index in [2.05, 4.69) is 0 Å². The van der Waals surface area contributed by atoms with Gasteiger partial charge in [-0.1, -0.05) is 36.4 Å². The van der Waals surface area contributed by atoms with Crippen LogP contribution in [0.5, 0.6) is 5.75 Å². The van der Waals surface area contributed by atoms with E-state index in [1.165, 1.54) is 11.4 Å². The summed E-state index contributed by atoms with van der Waals surface area (Å²) in [6.45, 7) is 2.19. The molecule has 1 unspecified atom stereocenters. The van der Waals surface area contributed by atoms with Gasteiger partial charge >= 0.3 is 0 Å². The predicted molar refractivity (Wildman–Crippen MR) is 86.8 cm³/mol. The third-order valence-corrected chi connectivity index (χ3v) is 5.71. The lowest BCUT2D eigenvalue weighted by atomic mass is 10.1. The van der Waals surface area contributed by atoms with Crippen LogP contribution in [-0.2, 0) is 14.8 Å². The molecule has 0 aromatic heterocycles. The average Bonchev–Trinajstić information content (AvgIpc) is 3.06. The number of hydrogen-bond acceptors (Lipinski definition) is 4.